The second kappa shape index (κ2) is 23.0. The van der Waals surface area contributed by atoms with E-state index in [0.29, 0.717) is 32.3 Å². The zero-order valence-electron chi connectivity index (χ0n) is 44.2. The van der Waals surface area contributed by atoms with Gasteiger partial charge in [0.1, 0.15) is 18.1 Å². The Kier molecular flexibility index (Phi) is 21.1. The molecule has 364 valence electrons. The van der Waals surface area contributed by atoms with Gasteiger partial charge in [-0.3, -0.25) is 4.79 Å². The molecule has 1 aliphatic rings. The molecule has 63 heavy (non-hydrogen) atoms. The Morgan fingerprint density at radius 3 is 1.71 bits per heavy atom. The molecule has 9 nitrogen and oxygen atoms in total. The molecule has 1 heterocycles. The van der Waals surface area contributed by atoms with Crippen LogP contribution >= 0.6 is 0 Å². The minimum atomic E-state index is -2.35. The first kappa shape index (κ1) is 57.7. The van der Waals surface area contributed by atoms with Crippen LogP contribution in [0.3, 0.4) is 0 Å². The quantitative estimate of drug-likeness (QED) is 0.0411. The molecule has 0 aliphatic carbocycles. The fourth-order valence-electron chi connectivity index (χ4n) is 7.28. The van der Waals surface area contributed by atoms with Crippen molar-refractivity contribution in [3.05, 3.63) is 42.0 Å². The third-order valence-electron chi connectivity index (χ3n) is 14.5. The summed E-state index contributed by atoms with van der Waals surface area (Å²) < 4.78 is 47.1. The number of hydrogen-bond acceptors (Lipinski definition) is 9. The summed E-state index contributed by atoms with van der Waals surface area (Å²) in [4.78, 5) is 24.8. The van der Waals surface area contributed by atoms with Crippen LogP contribution in [0.15, 0.2) is 36.4 Å². The molecular weight excluding hydrogens is 857 g/mol. The van der Waals surface area contributed by atoms with Crippen LogP contribution in [0.2, 0.25) is 74.0 Å². The number of methoxy groups -OCH3 is 1. The zero-order valence-corrected chi connectivity index (χ0v) is 48.2. The molecule has 13 heteroatoms. The monoisotopic (exact) mass is 951 g/mol. The predicted octanol–water partition coefficient (Wildman–Crippen LogP) is 13.5. The summed E-state index contributed by atoms with van der Waals surface area (Å²) in [5.41, 5.74) is 1.01. The van der Waals surface area contributed by atoms with Gasteiger partial charge in [0, 0.05) is 30.6 Å². The summed E-state index contributed by atoms with van der Waals surface area (Å²) >= 11 is 0. The molecular formula is C50H94O9Si4. The van der Waals surface area contributed by atoms with Crippen molar-refractivity contribution in [2.75, 3.05) is 7.11 Å². The van der Waals surface area contributed by atoms with E-state index in [2.05, 4.69) is 147 Å². The van der Waals surface area contributed by atoms with Crippen LogP contribution in [0.1, 0.15) is 121 Å². The van der Waals surface area contributed by atoms with Crippen molar-refractivity contribution in [1.82, 2.24) is 0 Å². The largest absolute Gasteiger partial charge is 0.497 e. The lowest BCUT2D eigenvalue weighted by Crippen LogP contribution is -2.51. The Morgan fingerprint density at radius 1 is 0.730 bits per heavy atom. The number of carbonyl (C=O) groups excluding carboxylic acids is 2. The summed E-state index contributed by atoms with van der Waals surface area (Å²) in [5, 5.41) is -0.0909. The Hall–Kier alpha value is -1.43. The second-order valence-electron chi connectivity index (χ2n) is 24.1. The van der Waals surface area contributed by atoms with Crippen LogP contribution in [-0.4, -0.2) is 89.3 Å². The summed E-state index contributed by atoms with van der Waals surface area (Å²) in [6.45, 7) is 47.9. The lowest BCUT2D eigenvalue weighted by Gasteiger charge is -2.46. The van der Waals surface area contributed by atoms with Crippen LogP contribution in [-0.2, 0) is 43.4 Å². The minimum Gasteiger partial charge on any atom is -0.497 e. The number of hydrogen-bond donors (Lipinski definition) is 0. The first-order chi connectivity index (χ1) is 28.5. The van der Waals surface area contributed by atoms with Crippen LogP contribution < -0.4 is 4.74 Å². The van der Waals surface area contributed by atoms with Gasteiger partial charge in [0.15, 0.2) is 33.3 Å². The van der Waals surface area contributed by atoms with E-state index in [-0.39, 0.29) is 69.4 Å². The van der Waals surface area contributed by atoms with E-state index in [0.717, 1.165) is 24.0 Å². The molecule has 0 N–H and O–H groups in total. The van der Waals surface area contributed by atoms with Crippen molar-refractivity contribution in [3.63, 3.8) is 0 Å². The number of benzene rings is 1. The fraction of sp³-hybridized carbons (Fsp3) is 0.800. The Bertz CT molecular complexity index is 1580. The molecule has 2 rings (SSSR count). The van der Waals surface area contributed by atoms with E-state index in [1.165, 1.54) is 0 Å². The maximum Gasteiger partial charge on any atom is 0.306 e. The number of rotatable bonds is 25. The van der Waals surface area contributed by atoms with Crippen molar-refractivity contribution < 1.29 is 41.5 Å². The third-order valence-corrected chi connectivity index (χ3v) is 29.1. The maximum atomic E-state index is 12.7. The molecule has 1 aliphatic heterocycles. The Morgan fingerprint density at radius 2 is 1.25 bits per heavy atom. The topological polar surface area (TPSA) is 98.8 Å². The molecule has 9 atom stereocenters. The summed E-state index contributed by atoms with van der Waals surface area (Å²) in [6.07, 6.45) is 7.38. The number of carbonyl (C=O) groups is 2. The molecule has 0 aromatic heterocycles. The van der Waals surface area contributed by atoms with Crippen molar-refractivity contribution in [3.8, 4) is 5.75 Å². The highest BCUT2D eigenvalue weighted by molar-refractivity contribution is 6.75. The van der Waals surface area contributed by atoms with Gasteiger partial charge in [-0.2, -0.15) is 0 Å². The van der Waals surface area contributed by atoms with Crippen LogP contribution in [0, 0.1) is 17.8 Å². The smallest absolute Gasteiger partial charge is 0.306 e. The van der Waals surface area contributed by atoms with Crippen molar-refractivity contribution in [2.45, 2.75) is 232 Å². The van der Waals surface area contributed by atoms with Crippen LogP contribution in [0.25, 0.3) is 0 Å². The fourth-order valence-corrected chi connectivity index (χ4v) is 12.6. The van der Waals surface area contributed by atoms with E-state index in [1.807, 2.05) is 31.2 Å². The van der Waals surface area contributed by atoms with Gasteiger partial charge < -0.3 is 36.7 Å². The van der Waals surface area contributed by atoms with Gasteiger partial charge in [-0.15, -0.1) is 0 Å². The number of ether oxygens (including phenoxy) is 3. The second-order valence-corrected chi connectivity index (χ2v) is 42.9. The third kappa shape index (κ3) is 18.0. The molecule has 1 fully saturated rings. The SMILES string of the molecule is COc1ccc(CO[C@@H]([C@@H](C)[C@@H](C[C@H](C[C@@H](/C=C/C[C@H](O[Si](C)(C)C)[C@H](C)[C@H]2CCC(=O)O2)O[Si](C)(C)C(C)(C)C)O[Si](C)(C)C(C)(C)C)O[Si](C)(C)C(C)(C)C)[C@@H](C)C=O)cc1. The summed E-state index contributed by atoms with van der Waals surface area (Å²) in [6, 6.07) is 7.90. The van der Waals surface area contributed by atoms with E-state index < -0.39 is 39.4 Å². The van der Waals surface area contributed by atoms with Gasteiger partial charge >= 0.3 is 5.97 Å². The predicted molar refractivity (Wildman–Crippen MR) is 272 cm³/mol. The lowest BCUT2D eigenvalue weighted by atomic mass is 9.86. The molecule has 1 aromatic carbocycles. The highest BCUT2D eigenvalue weighted by Crippen LogP contribution is 2.43. The van der Waals surface area contributed by atoms with Gasteiger partial charge in [-0.05, 0) is 111 Å². The van der Waals surface area contributed by atoms with Crippen molar-refractivity contribution in [2.24, 2.45) is 17.8 Å². The normalized spacial score (nSPS) is 20.2. The molecule has 0 saturated carbocycles. The maximum absolute atomic E-state index is 12.7. The lowest BCUT2D eigenvalue weighted by molar-refractivity contribution is -0.144. The summed E-state index contributed by atoms with van der Waals surface area (Å²) in [7, 11) is -7.22. The molecule has 0 radical (unpaired) electrons. The molecule has 1 aromatic rings. The molecule has 0 amide bonds. The van der Waals surface area contributed by atoms with E-state index in [1.54, 1.807) is 7.11 Å². The average molecular weight is 952 g/mol. The van der Waals surface area contributed by atoms with Crippen molar-refractivity contribution in [1.29, 1.82) is 0 Å². The first-order valence-electron chi connectivity index (χ1n) is 23.8. The minimum absolute atomic E-state index is 0.0128. The Balaban J connectivity index is 2.73. The standard InChI is InChI=1S/C50H94O9Si4/c1-36(34-51)47(54-35-39-26-28-40(53-13)29-27-39)38(3)45(59-63(21,22)50(10,11)12)33-42(57-62(19,20)49(7,8)9)32-41(56-61(17,18)48(4,5)6)24-23-25-44(58-60(14,15)16)37(2)43-30-31-46(52)55-43/h23-24,26-29,34,36-38,41-45,47H,25,30-33,35H2,1-22H3/b24-23+/t36-,37+,38-,41+,42-,43+,44-,45+,47+/m0/s1. The number of esters is 1. The Labute approximate surface area is 390 Å². The van der Waals surface area contributed by atoms with Gasteiger partial charge in [-0.1, -0.05) is 107 Å². The summed E-state index contributed by atoms with van der Waals surface area (Å²) in [5.74, 6) is 0.236. The van der Waals surface area contributed by atoms with E-state index in [4.69, 9.17) is 31.9 Å². The van der Waals surface area contributed by atoms with E-state index >= 15 is 0 Å². The zero-order chi connectivity index (χ0) is 48.6. The number of aldehydes is 1. The first-order valence-corrected chi connectivity index (χ1v) is 35.9. The molecule has 0 spiro atoms. The van der Waals surface area contributed by atoms with Gasteiger partial charge in [0.2, 0.25) is 0 Å². The van der Waals surface area contributed by atoms with E-state index in [9.17, 15) is 9.59 Å². The molecule has 1 saturated heterocycles. The van der Waals surface area contributed by atoms with Gasteiger partial charge in [-0.25, -0.2) is 0 Å². The highest BCUT2D eigenvalue weighted by atomic mass is 28.4. The highest BCUT2D eigenvalue weighted by Gasteiger charge is 2.46. The van der Waals surface area contributed by atoms with Gasteiger partial charge in [0.25, 0.3) is 0 Å². The van der Waals surface area contributed by atoms with Crippen LogP contribution in [0.5, 0.6) is 5.75 Å². The average Bonchev–Trinajstić information content (AvgIpc) is 3.57. The van der Waals surface area contributed by atoms with Crippen molar-refractivity contribution >= 4 is 45.5 Å². The molecule has 0 bridgehead atoms. The molecule has 0 unspecified atom stereocenters. The van der Waals surface area contributed by atoms with Crippen LogP contribution in [0.4, 0.5) is 0 Å². The number of cyclic esters (lactones) is 1. The van der Waals surface area contributed by atoms with Gasteiger partial charge in [0.05, 0.1) is 44.2 Å².